The van der Waals surface area contributed by atoms with Crippen LogP contribution in [0.2, 0.25) is 0 Å². The topological polar surface area (TPSA) is 65.6 Å². The zero-order chi connectivity index (χ0) is 22.2. The third-order valence-corrected chi connectivity index (χ3v) is 6.97. The van der Waals surface area contributed by atoms with Gasteiger partial charge in [-0.15, -0.1) is 0 Å². The summed E-state index contributed by atoms with van der Waals surface area (Å²) in [6.45, 7) is 4.09. The van der Waals surface area contributed by atoms with Crippen LogP contribution < -0.4 is 9.64 Å². The molecule has 2 aliphatic heterocycles. The first kappa shape index (κ1) is 20.6. The maximum absolute atomic E-state index is 13.2. The average molecular weight is 432 g/mol. The molecule has 2 aromatic carbocycles. The number of carbonyl (C=O) groups is 2. The van der Waals surface area contributed by atoms with Crippen molar-refractivity contribution in [3.8, 4) is 5.75 Å². The van der Waals surface area contributed by atoms with Crippen molar-refractivity contribution in [3.63, 3.8) is 0 Å². The third-order valence-electron chi connectivity index (χ3n) is 6.97. The summed E-state index contributed by atoms with van der Waals surface area (Å²) >= 11 is 0. The Morgan fingerprint density at radius 1 is 1.09 bits per heavy atom. The van der Waals surface area contributed by atoms with Crippen molar-refractivity contribution < 1.29 is 14.3 Å². The van der Waals surface area contributed by atoms with Crippen molar-refractivity contribution in [1.82, 2.24) is 9.88 Å². The number of aromatic nitrogens is 1. The highest BCUT2D eigenvalue weighted by Crippen LogP contribution is 2.35. The molecule has 0 saturated carbocycles. The zero-order valence-corrected chi connectivity index (χ0v) is 18.7. The summed E-state index contributed by atoms with van der Waals surface area (Å²) in [6.07, 6.45) is 5.31. The van der Waals surface area contributed by atoms with Crippen molar-refractivity contribution in [2.24, 2.45) is 0 Å². The Morgan fingerprint density at radius 2 is 1.91 bits per heavy atom. The monoisotopic (exact) mass is 431 g/mol. The van der Waals surface area contributed by atoms with Crippen LogP contribution in [0.4, 0.5) is 5.69 Å². The minimum Gasteiger partial charge on any atom is -0.497 e. The van der Waals surface area contributed by atoms with Crippen LogP contribution in [0.3, 0.4) is 0 Å². The van der Waals surface area contributed by atoms with E-state index in [0.29, 0.717) is 18.9 Å². The normalized spacial score (nSPS) is 16.4. The lowest BCUT2D eigenvalue weighted by Gasteiger charge is -2.32. The van der Waals surface area contributed by atoms with Gasteiger partial charge in [-0.2, -0.15) is 0 Å². The maximum atomic E-state index is 13.2. The molecule has 0 atom stereocenters. The number of hydrogen-bond donors (Lipinski definition) is 1. The highest BCUT2D eigenvalue weighted by Gasteiger charge is 2.28. The number of amides is 2. The van der Waals surface area contributed by atoms with Gasteiger partial charge < -0.3 is 19.5 Å². The molecule has 0 bridgehead atoms. The summed E-state index contributed by atoms with van der Waals surface area (Å²) in [5, 5.41) is 1.21. The summed E-state index contributed by atoms with van der Waals surface area (Å²) in [4.78, 5) is 32.5. The van der Waals surface area contributed by atoms with Crippen LogP contribution in [0.1, 0.15) is 53.6 Å². The van der Waals surface area contributed by atoms with Gasteiger partial charge in [0, 0.05) is 54.4 Å². The third kappa shape index (κ3) is 3.53. The second-order valence-electron chi connectivity index (χ2n) is 8.71. The van der Waals surface area contributed by atoms with E-state index in [0.717, 1.165) is 60.4 Å². The molecule has 2 amide bonds. The van der Waals surface area contributed by atoms with E-state index >= 15 is 0 Å². The van der Waals surface area contributed by atoms with Crippen LogP contribution in [-0.2, 0) is 11.2 Å². The molecular formula is C26H29N3O3. The summed E-state index contributed by atoms with van der Waals surface area (Å²) in [7, 11) is 1.69. The number of methoxy groups -OCH3 is 1. The Bertz CT molecular complexity index is 1170. The van der Waals surface area contributed by atoms with Crippen LogP contribution in [0, 0.1) is 0 Å². The Hall–Kier alpha value is -3.28. The molecule has 32 heavy (non-hydrogen) atoms. The first-order valence-electron chi connectivity index (χ1n) is 11.5. The Labute approximate surface area is 188 Å². The molecular weight excluding hydrogens is 402 g/mol. The Morgan fingerprint density at radius 3 is 2.66 bits per heavy atom. The zero-order valence-electron chi connectivity index (χ0n) is 18.7. The molecule has 1 N–H and O–H groups in total. The SMILES string of the molecule is CCC(=O)N1CCc2cc(C(=O)N3CCC(c4c[nH]c5ccc(OC)cc45)CC3)ccc21. The van der Waals surface area contributed by atoms with Gasteiger partial charge in [0.25, 0.3) is 5.91 Å². The fourth-order valence-corrected chi connectivity index (χ4v) is 5.15. The highest BCUT2D eigenvalue weighted by atomic mass is 16.5. The van der Waals surface area contributed by atoms with Crippen molar-refractivity contribution in [3.05, 3.63) is 59.3 Å². The van der Waals surface area contributed by atoms with Gasteiger partial charge in [0.1, 0.15) is 5.75 Å². The standard InChI is InChI=1S/C26H29N3O3/c1-3-25(30)29-13-10-18-14-19(4-7-24(18)29)26(31)28-11-8-17(9-12-28)22-16-27-23-6-5-20(32-2)15-21(22)23/h4-7,14-17,27H,3,8-13H2,1-2H3. The molecule has 3 heterocycles. The number of aromatic amines is 1. The molecule has 0 radical (unpaired) electrons. The van der Waals surface area contributed by atoms with Crippen molar-refractivity contribution in [2.45, 2.75) is 38.5 Å². The van der Waals surface area contributed by atoms with Gasteiger partial charge in [0.2, 0.25) is 5.91 Å². The molecule has 6 nitrogen and oxygen atoms in total. The van der Waals surface area contributed by atoms with Crippen molar-refractivity contribution >= 4 is 28.4 Å². The smallest absolute Gasteiger partial charge is 0.253 e. The minimum atomic E-state index is 0.0899. The van der Waals surface area contributed by atoms with Gasteiger partial charge in [-0.05, 0) is 72.7 Å². The lowest BCUT2D eigenvalue weighted by atomic mass is 9.89. The molecule has 1 fully saturated rings. The van der Waals surface area contributed by atoms with E-state index in [9.17, 15) is 9.59 Å². The van der Waals surface area contributed by atoms with Crippen LogP contribution in [0.25, 0.3) is 10.9 Å². The molecule has 2 aliphatic rings. The molecule has 1 saturated heterocycles. The van der Waals surface area contributed by atoms with Gasteiger partial charge in [-0.3, -0.25) is 9.59 Å². The van der Waals surface area contributed by atoms with E-state index in [4.69, 9.17) is 4.74 Å². The van der Waals surface area contributed by atoms with Gasteiger partial charge in [0.15, 0.2) is 0 Å². The number of nitrogens with one attached hydrogen (secondary N) is 1. The molecule has 1 aromatic heterocycles. The number of carbonyl (C=O) groups excluding carboxylic acids is 2. The van der Waals surface area contributed by atoms with Crippen LogP contribution >= 0.6 is 0 Å². The van der Waals surface area contributed by atoms with E-state index in [1.807, 2.05) is 41.0 Å². The van der Waals surface area contributed by atoms with Crippen LogP contribution in [0.5, 0.6) is 5.75 Å². The van der Waals surface area contributed by atoms with Gasteiger partial charge in [0.05, 0.1) is 7.11 Å². The second kappa shape index (κ2) is 8.34. The molecule has 3 aromatic rings. The summed E-state index contributed by atoms with van der Waals surface area (Å²) in [6, 6.07) is 11.9. The van der Waals surface area contributed by atoms with Crippen molar-refractivity contribution in [2.75, 3.05) is 31.6 Å². The lowest BCUT2D eigenvalue weighted by molar-refractivity contribution is -0.118. The average Bonchev–Trinajstić information content (AvgIpc) is 3.46. The van der Waals surface area contributed by atoms with Crippen molar-refractivity contribution in [1.29, 1.82) is 0 Å². The highest BCUT2D eigenvalue weighted by molar-refractivity contribution is 5.98. The number of likely N-dealkylation sites (tertiary alicyclic amines) is 1. The van der Waals surface area contributed by atoms with E-state index in [1.165, 1.54) is 10.9 Å². The first-order chi connectivity index (χ1) is 15.6. The number of anilines is 1. The number of H-pyrrole nitrogens is 1. The predicted molar refractivity (Wildman–Crippen MR) is 126 cm³/mol. The summed E-state index contributed by atoms with van der Waals surface area (Å²) < 4.78 is 5.40. The minimum absolute atomic E-state index is 0.0899. The van der Waals surface area contributed by atoms with E-state index < -0.39 is 0 Å². The van der Waals surface area contributed by atoms with E-state index in [2.05, 4.69) is 23.3 Å². The molecule has 0 spiro atoms. The van der Waals surface area contributed by atoms with Gasteiger partial charge in [-0.1, -0.05) is 6.92 Å². The van der Waals surface area contributed by atoms with E-state index in [-0.39, 0.29) is 11.8 Å². The number of rotatable bonds is 4. The Balaban J connectivity index is 1.28. The Kier molecular flexibility index (Phi) is 5.37. The number of fused-ring (bicyclic) bond motifs is 2. The maximum Gasteiger partial charge on any atom is 0.253 e. The molecule has 5 rings (SSSR count). The van der Waals surface area contributed by atoms with Crippen LogP contribution in [0.15, 0.2) is 42.6 Å². The molecule has 0 unspecified atom stereocenters. The quantitative estimate of drug-likeness (QED) is 0.662. The molecule has 166 valence electrons. The molecule has 6 heteroatoms. The second-order valence-corrected chi connectivity index (χ2v) is 8.71. The first-order valence-corrected chi connectivity index (χ1v) is 11.5. The number of piperidine rings is 1. The summed E-state index contributed by atoms with van der Waals surface area (Å²) in [5.41, 5.74) is 5.21. The number of nitrogens with zero attached hydrogens (tertiary/aromatic N) is 2. The number of benzene rings is 2. The fourth-order valence-electron chi connectivity index (χ4n) is 5.15. The number of ether oxygens (including phenoxy) is 1. The number of hydrogen-bond acceptors (Lipinski definition) is 3. The predicted octanol–water partition coefficient (Wildman–Crippen LogP) is 4.50. The van der Waals surface area contributed by atoms with Gasteiger partial charge >= 0.3 is 0 Å². The van der Waals surface area contributed by atoms with Gasteiger partial charge in [-0.25, -0.2) is 0 Å². The molecule has 0 aliphatic carbocycles. The lowest BCUT2D eigenvalue weighted by Crippen LogP contribution is -2.38. The summed E-state index contributed by atoms with van der Waals surface area (Å²) in [5.74, 6) is 1.52. The van der Waals surface area contributed by atoms with Crippen LogP contribution in [-0.4, -0.2) is 48.4 Å². The largest absolute Gasteiger partial charge is 0.497 e. The van der Waals surface area contributed by atoms with E-state index in [1.54, 1.807) is 7.11 Å². The fraction of sp³-hybridized carbons (Fsp3) is 0.385.